The molecule has 160 valence electrons. The van der Waals surface area contributed by atoms with E-state index in [1.54, 1.807) is 0 Å². The highest BCUT2D eigenvalue weighted by Gasteiger charge is 2.16. The first-order valence-electron chi connectivity index (χ1n) is 11.2. The molecule has 0 amide bonds. The highest BCUT2D eigenvalue weighted by Crippen LogP contribution is 2.33. The number of carbonyl (C=O) groups excluding carboxylic acids is 1. The van der Waals surface area contributed by atoms with Crippen LogP contribution in [-0.2, 0) is 0 Å². The Morgan fingerprint density at radius 2 is 1.58 bits per heavy atom. The quantitative estimate of drug-likeness (QED) is 0.309. The SMILES string of the molecule is Cc1cc(C)c(C(=O)CSc2ccc(-c3ccc(C4CCCCC4)cc3)nn2)cc1C. The van der Waals surface area contributed by atoms with Crippen molar-refractivity contribution in [2.24, 2.45) is 0 Å². The highest BCUT2D eigenvalue weighted by atomic mass is 32.2. The molecule has 1 aliphatic rings. The fourth-order valence-electron chi connectivity index (χ4n) is 4.39. The molecule has 31 heavy (non-hydrogen) atoms. The fraction of sp³-hybridized carbons (Fsp3) is 0.370. The van der Waals surface area contributed by atoms with Gasteiger partial charge in [-0.15, -0.1) is 10.2 Å². The molecule has 2 aromatic carbocycles. The molecule has 0 radical (unpaired) electrons. The van der Waals surface area contributed by atoms with E-state index in [-0.39, 0.29) is 5.78 Å². The van der Waals surface area contributed by atoms with Crippen LogP contribution in [0.1, 0.15) is 70.6 Å². The number of hydrogen-bond donors (Lipinski definition) is 0. The molecular formula is C27H30N2OS. The summed E-state index contributed by atoms with van der Waals surface area (Å²) < 4.78 is 0. The molecule has 0 aliphatic heterocycles. The minimum atomic E-state index is 0.134. The van der Waals surface area contributed by atoms with E-state index < -0.39 is 0 Å². The van der Waals surface area contributed by atoms with Gasteiger partial charge in [-0.3, -0.25) is 4.79 Å². The van der Waals surface area contributed by atoms with E-state index in [1.807, 2.05) is 32.0 Å². The summed E-state index contributed by atoms with van der Waals surface area (Å²) in [5.41, 5.74) is 7.61. The van der Waals surface area contributed by atoms with E-state index in [2.05, 4.69) is 47.5 Å². The molecule has 1 aliphatic carbocycles. The molecule has 1 heterocycles. The van der Waals surface area contributed by atoms with Crippen molar-refractivity contribution in [3.8, 4) is 11.3 Å². The van der Waals surface area contributed by atoms with Crippen LogP contribution in [0, 0.1) is 20.8 Å². The van der Waals surface area contributed by atoms with E-state index in [0.717, 1.165) is 33.0 Å². The Hall–Kier alpha value is -2.46. The monoisotopic (exact) mass is 430 g/mol. The number of rotatable bonds is 6. The topological polar surface area (TPSA) is 42.9 Å². The molecule has 0 unspecified atom stereocenters. The van der Waals surface area contributed by atoms with Gasteiger partial charge in [-0.05, 0) is 80.0 Å². The number of nitrogens with zero attached hydrogens (tertiary/aromatic N) is 2. The Labute approximate surface area is 189 Å². The van der Waals surface area contributed by atoms with Crippen LogP contribution in [0.2, 0.25) is 0 Å². The molecule has 1 fully saturated rings. The molecule has 3 nitrogen and oxygen atoms in total. The van der Waals surface area contributed by atoms with E-state index in [1.165, 1.54) is 55.0 Å². The zero-order chi connectivity index (χ0) is 21.8. The lowest BCUT2D eigenvalue weighted by Crippen LogP contribution is -2.06. The van der Waals surface area contributed by atoms with Crippen LogP contribution in [0.15, 0.2) is 53.6 Å². The fourth-order valence-corrected chi connectivity index (χ4v) is 5.09. The Kier molecular flexibility index (Phi) is 6.86. The maximum absolute atomic E-state index is 12.7. The maximum atomic E-state index is 12.7. The summed E-state index contributed by atoms with van der Waals surface area (Å²) in [7, 11) is 0. The summed E-state index contributed by atoms with van der Waals surface area (Å²) in [5, 5.41) is 9.53. The summed E-state index contributed by atoms with van der Waals surface area (Å²) in [4.78, 5) is 12.7. The largest absolute Gasteiger partial charge is 0.293 e. The Morgan fingerprint density at radius 1 is 0.871 bits per heavy atom. The molecule has 0 saturated heterocycles. The zero-order valence-electron chi connectivity index (χ0n) is 18.6. The first kappa shape index (κ1) is 21.8. The van der Waals surface area contributed by atoms with Crippen LogP contribution < -0.4 is 0 Å². The third kappa shape index (κ3) is 5.24. The Bertz CT molecular complexity index is 1050. The van der Waals surface area contributed by atoms with Gasteiger partial charge < -0.3 is 0 Å². The summed E-state index contributed by atoms with van der Waals surface area (Å²) in [5.74, 6) is 1.22. The molecule has 4 rings (SSSR count). The Morgan fingerprint density at radius 3 is 2.26 bits per heavy atom. The van der Waals surface area contributed by atoms with E-state index in [4.69, 9.17) is 0 Å². The van der Waals surface area contributed by atoms with Gasteiger partial charge in [0.2, 0.25) is 0 Å². The Balaban J connectivity index is 1.38. The summed E-state index contributed by atoms with van der Waals surface area (Å²) in [6.07, 6.45) is 6.70. The number of carbonyl (C=O) groups is 1. The number of hydrogen-bond acceptors (Lipinski definition) is 4. The van der Waals surface area contributed by atoms with Gasteiger partial charge in [-0.2, -0.15) is 0 Å². The molecule has 0 atom stereocenters. The van der Waals surface area contributed by atoms with Gasteiger partial charge in [-0.1, -0.05) is 61.4 Å². The van der Waals surface area contributed by atoms with Gasteiger partial charge in [0.25, 0.3) is 0 Å². The van der Waals surface area contributed by atoms with Crippen molar-refractivity contribution in [2.45, 2.75) is 63.8 Å². The number of ketones is 1. The zero-order valence-corrected chi connectivity index (χ0v) is 19.5. The smallest absolute Gasteiger partial charge is 0.173 e. The molecular weight excluding hydrogens is 400 g/mol. The first-order chi connectivity index (χ1) is 15.0. The number of thioether (sulfide) groups is 1. The van der Waals surface area contributed by atoms with Crippen molar-refractivity contribution in [1.29, 1.82) is 0 Å². The highest BCUT2D eigenvalue weighted by molar-refractivity contribution is 7.99. The van der Waals surface area contributed by atoms with Crippen LogP contribution in [0.25, 0.3) is 11.3 Å². The first-order valence-corrected chi connectivity index (χ1v) is 12.2. The van der Waals surface area contributed by atoms with Crippen LogP contribution >= 0.6 is 11.8 Å². The normalized spacial score (nSPS) is 14.5. The van der Waals surface area contributed by atoms with E-state index in [9.17, 15) is 4.79 Å². The van der Waals surface area contributed by atoms with Crippen LogP contribution in [0.5, 0.6) is 0 Å². The lowest BCUT2D eigenvalue weighted by atomic mass is 9.84. The second-order valence-electron chi connectivity index (χ2n) is 8.68. The summed E-state index contributed by atoms with van der Waals surface area (Å²) >= 11 is 1.44. The average Bonchev–Trinajstić information content (AvgIpc) is 2.81. The number of aromatic nitrogens is 2. The van der Waals surface area contributed by atoms with Gasteiger partial charge in [-0.25, -0.2) is 0 Å². The molecule has 0 bridgehead atoms. The minimum Gasteiger partial charge on any atom is -0.293 e. The van der Waals surface area contributed by atoms with E-state index >= 15 is 0 Å². The van der Waals surface area contributed by atoms with E-state index in [0.29, 0.717) is 11.7 Å². The predicted molar refractivity (Wildman–Crippen MR) is 129 cm³/mol. The van der Waals surface area contributed by atoms with Crippen LogP contribution in [0.4, 0.5) is 0 Å². The van der Waals surface area contributed by atoms with Gasteiger partial charge >= 0.3 is 0 Å². The predicted octanol–water partition coefficient (Wildman–Crippen LogP) is 7.09. The van der Waals surface area contributed by atoms with Crippen molar-refractivity contribution in [3.63, 3.8) is 0 Å². The van der Waals surface area contributed by atoms with Gasteiger partial charge in [0, 0.05) is 11.1 Å². The van der Waals surface area contributed by atoms with Crippen LogP contribution in [0.3, 0.4) is 0 Å². The van der Waals surface area contributed by atoms with Crippen molar-refractivity contribution < 1.29 is 4.79 Å². The van der Waals surface area contributed by atoms with Crippen molar-refractivity contribution >= 4 is 17.5 Å². The van der Waals surface area contributed by atoms with Crippen molar-refractivity contribution in [3.05, 3.63) is 76.3 Å². The van der Waals surface area contributed by atoms with Crippen molar-refractivity contribution in [1.82, 2.24) is 10.2 Å². The lowest BCUT2D eigenvalue weighted by molar-refractivity contribution is 0.102. The third-order valence-corrected chi connectivity index (χ3v) is 7.34. The number of Topliss-reactive ketones (excluding diaryl/α,β-unsaturated/α-hetero) is 1. The molecule has 1 aromatic heterocycles. The molecule has 0 spiro atoms. The van der Waals surface area contributed by atoms with Crippen molar-refractivity contribution in [2.75, 3.05) is 5.75 Å². The summed E-state index contributed by atoms with van der Waals surface area (Å²) in [6.45, 7) is 6.12. The molecule has 4 heteroatoms. The van der Waals surface area contributed by atoms with Gasteiger partial charge in [0.05, 0.1) is 11.4 Å². The second kappa shape index (κ2) is 9.78. The summed E-state index contributed by atoms with van der Waals surface area (Å²) in [6, 6.07) is 16.9. The molecule has 1 saturated carbocycles. The van der Waals surface area contributed by atoms with Crippen LogP contribution in [-0.4, -0.2) is 21.7 Å². The number of aryl methyl sites for hydroxylation is 3. The van der Waals surface area contributed by atoms with Gasteiger partial charge in [0.1, 0.15) is 5.03 Å². The standard InChI is InChI=1S/C27H30N2OS/c1-18-15-20(3)24(16-19(18)2)26(30)17-31-27-14-13-25(28-29-27)23-11-9-22(10-12-23)21-7-5-4-6-8-21/h9-16,21H,4-8,17H2,1-3H3. The lowest BCUT2D eigenvalue weighted by Gasteiger charge is -2.22. The molecule has 3 aromatic rings. The third-order valence-electron chi connectivity index (χ3n) is 6.42. The maximum Gasteiger partial charge on any atom is 0.173 e. The average molecular weight is 431 g/mol. The second-order valence-corrected chi connectivity index (χ2v) is 9.67. The van der Waals surface area contributed by atoms with Gasteiger partial charge in [0.15, 0.2) is 5.78 Å². The number of benzene rings is 2. The molecule has 0 N–H and O–H groups in total. The minimum absolute atomic E-state index is 0.134.